The van der Waals surface area contributed by atoms with Crippen molar-refractivity contribution in [2.24, 2.45) is 0 Å². The number of pyridine rings is 1. The molecular weight excluding hydrogens is 326 g/mol. The molecule has 1 atom stereocenters. The smallest absolute Gasteiger partial charge is 0.227 e. The fraction of sp³-hybridized carbons (Fsp3) is 0.500. The van der Waals surface area contributed by atoms with E-state index in [-0.39, 0.29) is 6.61 Å². The van der Waals surface area contributed by atoms with Gasteiger partial charge >= 0.3 is 0 Å². The lowest BCUT2D eigenvalue weighted by Gasteiger charge is -2.21. The van der Waals surface area contributed by atoms with E-state index in [1.54, 1.807) is 12.1 Å². The number of benzene rings is 1. The molecule has 0 radical (unpaired) electrons. The molecule has 5 nitrogen and oxygen atoms in total. The van der Waals surface area contributed by atoms with Gasteiger partial charge in [-0.15, -0.1) is 0 Å². The van der Waals surface area contributed by atoms with Gasteiger partial charge in [0.05, 0.1) is 17.7 Å². The van der Waals surface area contributed by atoms with Crippen molar-refractivity contribution >= 4 is 28.2 Å². The van der Waals surface area contributed by atoms with Crippen molar-refractivity contribution in [1.82, 2.24) is 4.90 Å². The topological polar surface area (TPSA) is 62.4 Å². The number of rotatable bonds is 9. The average Bonchev–Trinajstić information content (AvgIpc) is 2.57. The summed E-state index contributed by atoms with van der Waals surface area (Å²) in [5.41, 5.74) is 1.52. The van der Waals surface area contributed by atoms with Gasteiger partial charge in [-0.25, -0.2) is 0 Å². The quantitative estimate of drug-likeness (QED) is 0.538. The molecule has 2 N–H and O–H groups in total. The van der Waals surface area contributed by atoms with Gasteiger partial charge < -0.3 is 20.5 Å². The van der Waals surface area contributed by atoms with Crippen molar-refractivity contribution in [3.8, 4) is 0 Å². The number of likely N-dealkylation sites (N-methyl/N-ethyl adjacent to an activating group) is 1. The van der Waals surface area contributed by atoms with E-state index in [0.717, 1.165) is 48.3 Å². The van der Waals surface area contributed by atoms with E-state index in [0.29, 0.717) is 16.6 Å². The van der Waals surface area contributed by atoms with Crippen molar-refractivity contribution in [1.29, 1.82) is 0 Å². The van der Waals surface area contributed by atoms with Gasteiger partial charge in [0, 0.05) is 29.7 Å². The van der Waals surface area contributed by atoms with Crippen LogP contribution in [0.2, 0.25) is 5.02 Å². The Labute approximate surface area is 148 Å². The van der Waals surface area contributed by atoms with Crippen LogP contribution in [-0.4, -0.2) is 42.3 Å². The third kappa shape index (κ3) is 4.97. The number of hydrogen-bond acceptors (Lipinski definition) is 4. The fourth-order valence-corrected chi connectivity index (χ4v) is 3.05. The molecule has 0 bridgehead atoms. The Morgan fingerprint density at radius 3 is 2.83 bits per heavy atom. The van der Waals surface area contributed by atoms with Gasteiger partial charge in [-0.05, 0) is 45.0 Å². The molecule has 1 heterocycles. The molecule has 6 heteroatoms. The van der Waals surface area contributed by atoms with Crippen molar-refractivity contribution in [2.75, 3.05) is 31.6 Å². The van der Waals surface area contributed by atoms with Crippen molar-refractivity contribution in [3.63, 3.8) is 0 Å². The molecule has 1 unspecified atom stereocenters. The van der Waals surface area contributed by atoms with Crippen LogP contribution in [0, 0.1) is 5.21 Å². The first-order valence-electron chi connectivity index (χ1n) is 8.46. The van der Waals surface area contributed by atoms with Crippen LogP contribution in [0.15, 0.2) is 30.5 Å². The first-order chi connectivity index (χ1) is 11.5. The van der Waals surface area contributed by atoms with E-state index in [4.69, 9.17) is 16.7 Å². The van der Waals surface area contributed by atoms with Crippen molar-refractivity contribution in [3.05, 3.63) is 40.7 Å². The molecule has 1 aromatic carbocycles. The van der Waals surface area contributed by atoms with E-state index in [9.17, 15) is 5.21 Å². The Morgan fingerprint density at radius 1 is 1.33 bits per heavy atom. The van der Waals surface area contributed by atoms with Crippen LogP contribution < -0.4 is 10.0 Å². The number of nitrogens with one attached hydrogen (secondary N) is 1. The maximum Gasteiger partial charge on any atom is 0.227 e. The number of nitrogens with zero attached hydrogens (tertiary/aromatic N) is 2. The van der Waals surface area contributed by atoms with E-state index >= 15 is 0 Å². The van der Waals surface area contributed by atoms with Crippen LogP contribution in [-0.2, 0) is 0 Å². The number of aromatic nitrogens is 1. The summed E-state index contributed by atoms with van der Waals surface area (Å²) in [5.74, 6) is 0. The van der Waals surface area contributed by atoms with Gasteiger partial charge in [0.1, 0.15) is 0 Å². The number of fused-ring (bicyclic) bond motifs is 1. The van der Waals surface area contributed by atoms with Crippen LogP contribution in [0.25, 0.3) is 10.9 Å². The highest BCUT2D eigenvalue weighted by Gasteiger charge is 2.12. The van der Waals surface area contributed by atoms with Gasteiger partial charge in [-0.3, -0.25) is 0 Å². The molecule has 0 aliphatic rings. The highest BCUT2D eigenvalue weighted by molar-refractivity contribution is 6.31. The lowest BCUT2D eigenvalue weighted by Crippen LogP contribution is -2.29. The summed E-state index contributed by atoms with van der Waals surface area (Å²) in [4.78, 5) is 2.24. The largest absolute Gasteiger partial charge is 0.618 e. The Hall–Kier alpha value is -1.56. The Morgan fingerprint density at radius 2 is 2.12 bits per heavy atom. The van der Waals surface area contributed by atoms with Gasteiger partial charge in [0.2, 0.25) is 5.52 Å². The molecule has 0 saturated heterocycles. The van der Waals surface area contributed by atoms with Crippen LogP contribution in [0.4, 0.5) is 5.69 Å². The zero-order valence-corrected chi connectivity index (χ0v) is 15.1. The number of aliphatic hydroxyl groups excluding tert-OH is 1. The molecule has 2 rings (SSSR count). The molecular formula is C18H26ClN3O2. The fourth-order valence-electron chi connectivity index (χ4n) is 2.88. The van der Waals surface area contributed by atoms with Crippen molar-refractivity contribution < 1.29 is 9.84 Å². The summed E-state index contributed by atoms with van der Waals surface area (Å²) < 4.78 is 0.838. The van der Waals surface area contributed by atoms with Crippen LogP contribution >= 0.6 is 11.6 Å². The maximum absolute atomic E-state index is 11.9. The zero-order chi connectivity index (χ0) is 17.5. The number of halogens is 1. The monoisotopic (exact) mass is 351 g/mol. The van der Waals surface area contributed by atoms with Crippen LogP contribution in [0.3, 0.4) is 0 Å². The minimum absolute atomic E-state index is 0.204. The molecule has 0 spiro atoms. The molecule has 1 aromatic heterocycles. The predicted octanol–water partition coefficient (Wildman–Crippen LogP) is 3.02. The number of hydrogen-bond donors (Lipinski definition) is 2. The number of aliphatic hydroxyl groups is 1. The molecule has 0 aliphatic carbocycles. The van der Waals surface area contributed by atoms with E-state index in [1.807, 2.05) is 12.1 Å². The Kier molecular flexibility index (Phi) is 7.09. The number of anilines is 1. The molecule has 24 heavy (non-hydrogen) atoms. The lowest BCUT2D eigenvalue weighted by atomic mass is 10.1. The Bertz CT molecular complexity index is 666. The van der Waals surface area contributed by atoms with Crippen molar-refractivity contribution in [2.45, 2.75) is 32.7 Å². The van der Waals surface area contributed by atoms with Gasteiger partial charge in [0.15, 0.2) is 6.20 Å². The average molecular weight is 352 g/mol. The first-order valence-corrected chi connectivity index (χ1v) is 8.84. The minimum Gasteiger partial charge on any atom is -0.618 e. The highest BCUT2D eigenvalue weighted by Crippen LogP contribution is 2.24. The second-order valence-electron chi connectivity index (χ2n) is 6.06. The standard InChI is InChI=1S/C18H26ClN3O2/c1-3-21(11-12-23)9-4-5-14(2)20-17-8-10-22(24)18-13-15(19)6-7-16(17)18/h6-8,10,13-14,20,23H,3-5,9,11-12H2,1-2H3. The van der Waals surface area contributed by atoms with Crippen LogP contribution in [0.5, 0.6) is 0 Å². The van der Waals surface area contributed by atoms with Gasteiger partial charge in [0.25, 0.3) is 0 Å². The van der Waals surface area contributed by atoms with E-state index < -0.39 is 0 Å². The molecule has 0 saturated carbocycles. The van der Waals surface area contributed by atoms with Crippen LogP contribution in [0.1, 0.15) is 26.7 Å². The van der Waals surface area contributed by atoms with Gasteiger partial charge in [-0.1, -0.05) is 18.5 Å². The summed E-state index contributed by atoms with van der Waals surface area (Å²) in [6, 6.07) is 7.46. The summed E-state index contributed by atoms with van der Waals surface area (Å²) in [6.45, 7) is 7.12. The molecule has 0 aliphatic heterocycles. The molecule has 2 aromatic rings. The summed E-state index contributed by atoms with van der Waals surface area (Å²) >= 11 is 5.99. The summed E-state index contributed by atoms with van der Waals surface area (Å²) in [5, 5.41) is 25.9. The zero-order valence-electron chi connectivity index (χ0n) is 14.3. The summed E-state index contributed by atoms with van der Waals surface area (Å²) in [6.07, 6.45) is 3.58. The predicted molar refractivity (Wildman–Crippen MR) is 99.4 cm³/mol. The first kappa shape index (κ1) is 18.8. The molecule has 0 amide bonds. The van der Waals surface area contributed by atoms with E-state index in [2.05, 4.69) is 24.1 Å². The lowest BCUT2D eigenvalue weighted by molar-refractivity contribution is -0.576. The second kappa shape index (κ2) is 9.06. The Balaban J connectivity index is 1.98. The summed E-state index contributed by atoms with van der Waals surface area (Å²) in [7, 11) is 0. The third-order valence-electron chi connectivity index (χ3n) is 4.24. The van der Waals surface area contributed by atoms with E-state index in [1.165, 1.54) is 6.20 Å². The minimum atomic E-state index is 0.204. The normalized spacial score (nSPS) is 12.7. The third-order valence-corrected chi connectivity index (χ3v) is 4.48. The molecule has 132 valence electrons. The second-order valence-corrected chi connectivity index (χ2v) is 6.50. The highest BCUT2D eigenvalue weighted by atomic mass is 35.5. The maximum atomic E-state index is 11.9. The molecule has 0 fully saturated rings. The van der Waals surface area contributed by atoms with Gasteiger partial charge in [-0.2, -0.15) is 4.73 Å². The SMILES string of the molecule is CCN(CCO)CCCC(C)Nc1cc[n+]([O-])c2cc(Cl)ccc12.